The van der Waals surface area contributed by atoms with Gasteiger partial charge in [-0.1, -0.05) is 11.3 Å². The molecule has 1 amide bonds. The van der Waals surface area contributed by atoms with Gasteiger partial charge in [0.25, 0.3) is 5.91 Å². The largest absolute Gasteiger partial charge is 0.383 e. The molecule has 21 heavy (non-hydrogen) atoms. The fourth-order valence-electron chi connectivity index (χ4n) is 1.99. The van der Waals surface area contributed by atoms with Crippen molar-refractivity contribution in [3.05, 3.63) is 4.88 Å². The number of nitrogen functional groups attached to an aromatic ring is 1. The Labute approximate surface area is 127 Å². The van der Waals surface area contributed by atoms with Gasteiger partial charge in [0.05, 0.1) is 18.1 Å². The van der Waals surface area contributed by atoms with E-state index in [1.165, 1.54) is 0 Å². The van der Waals surface area contributed by atoms with E-state index < -0.39 is 9.84 Å². The van der Waals surface area contributed by atoms with Crippen molar-refractivity contribution < 1.29 is 17.9 Å². The number of nitrogens with one attached hydrogen (secondary N) is 2. The van der Waals surface area contributed by atoms with Crippen molar-refractivity contribution in [3.63, 3.8) is 0 Å². The molecule has 0 spiro atoms. The Bertz CT molecular complexity index is 614. The Morgan fingerprint density at radius 1 is 1.57 bits per heavy atom. The number of aromatic nitrogens is 1. The van der Waals surface area contributed by atoms with Crippen molar-refractivity contribution in [3.8, 4) is 0 Å². The Kier molecular flexibility index (Phi) is 5.01. The van der Waals surface area contributed by atoms with Crippen molar-refractivity contribution in [2.75, 3.05) is 42.8 Å². The first-order chi connectivity index (χ1) is 9.91. The van der Waals surface area contributed by atoms with E-state index in [4.69, 9.17) is 10.5 Å². The number of hydrogen-bond donors (Lipinski definition) is 3. The maximum Gasteiger partial charge on any atom is 0.265 e. The number of thiazole rings is 1. The minimum Gasteiger partial charge on any atom is -0.383 e. The fraction of sp³-hybridized carbons (Fsp3) is 0.636. The Morgan fingerprint density at radius 3 is 2.95 bits per heavy atom. The van der Waals surface area contributed by atoms with Gasteiger partial charge in [-0.25, -0.2) is 13.4 Å². The number of carbonyl (C=O) groups is 1. The van der Waals surface area contributed by atoms with Gasteiger partial charge >= 0.3 is 0 Å². The molecule has 1 saturated heterocycles. The molecule has 2 heterocycles. The lowest BCUT2D eigenvalue weighted by atomic mass is 10.2. The molecule has 1 aromatic heterocycles. The Morgan fingerprint density at radius 2 is 2.33 bits per heavy atom. The van der Waals surface area contributed by atoms with E-state index in [0.717, 1.165) is 11.3 Å². The minimum absolute atomic E-state index is 0.0175. The normalized spacial score (nSPS) is 20.3. The zero-order valence-corrected chi connectivity index (χ0v) is 13.2. The molecule has 8 nitrogen and oxygen atoms in total. The smallest absolute Gasteiger partial charge is 0.265 e. The van der Waals surface area contributed by atoms with Crippen LogP contribution in [0.4, 0.5) is 10.9 Å². The number of sulfone groups is 1. The first-order valence-corrected chi connectivity index (χ1v) is 9.05. The molecule has 1 atom stereocenters. The number of rotatable bonds is 6. The first-order valence-electron chi connectivity index (χ1n) is 6.41. The summed E-state index contributed by atoms with van der Waals surface area (Å²) in [6, 6.07) is -0.353. The van der Waals surface area contributed by atoms with Crippen LogP contribution in [0.15, 0.2) is 0 Å². The maximum absolute atomic E-state index is 12.1. The van der Waals surface area contributed by atoms with E-state index >= 15 is 0 Å². The summed E-state index contributed by atoms with van der Waals surface area (Å²) in [5, 5.41) is 6.22. The van der Waals surface area contributed by atoms with Gasteiger partial charge in [-0.3, -0.25) is 4.79 Å². The highest BCUT2D eigenvalue weighted by Crippen LogP contribution is 2.25. The van der Waals surface area contributed by atoms with Crippen molar-refractivity contribution in [2.24, 2.45) is 0 Å². The molecule has 1 aliphatic heterocycles. The Hall–Kier alpha value is -1.39. The third-order valence-corrected chi connectivity index (χ3v) is 5.81. The highest BCUT2D eigenvalue weighted by Gasteiger charge is 2.30. The van der Waals surface area contributed by atoms with E-state index in [0.29, 0.717) is 29.6 Å². The summed E-state index contributed by atoms with van der Waals surface area (Å²) in [5.74, 6) is -0.152. The number of anilines is 2. The van der Waals surface area contributed by atoms with Crippen molar-refractivity contribution in [1.82, 2.24) is 10.3 Å². The van der Waals surface area contributed by atoms with E-state index in [9.17, 15) is 13.2 Å². The number of hydrogen-bond acceptors (Lipinski definition) is 8. The van der Waals surface area contributed by atoms with Crippen LogP contribution in [0.2, 0.25) is 0 Å². The summed E-state index contributed by atoms with van der Waals surface area (Å²) >= 11 is 1.14. The van der Waals surface area contributed by atoms with Gasteiger partial charge in [-0.05, 0) is 6.42 Å². The lowest BCUT2D eigenvalue weighted by molar-refractivity contribution is 0.0946. The van der Waals surface area contributed by atoms with Crippen molar-refractivity contribution in [1.29, 1.82) is 0 Å². The quantitative estimate of drug-likeness (QED) is 0.610. The molecule has 0 aliphatic carbocycles. The van der Waals surface area contributed by atoms with Crippen LogP contribution in [-0.4, -0.2) is 57.1 Å². The molecule has 118 valence electrons. The molecular weight excluding hydrogens is 316 g/mol. The van der Waals surface area contributed by atoms with Gasteiger partial charge in [0.1, 0.15) is 10.7 Å². The van der Waals surface area contributed by atoms with Gasteiger partial charge in [0.15, 0.2) is 15.0 Å². The van der Waals surface area contributed by atoms with Crippen molar-refractivity contribution in [2.45, 2.75) is 12.5 Å². The third kappa shape index (κ3) is 4.29. The average molecular weight is 334 g/mol. The summed E-state index contributed by atoms with van der Waals surface area (Å²) in [6.45, 7) is 1.08. The van der Waals surface area contributed by atoms with Gasteiger partial charge in [-0.15, -0.1) is 0 Å². The van der Waals surface area contributed by atoms with E-state index in [1.54, 1.807) is 7.11 Å². The zero-order chi connectivity index (χ0) is 15.5. The summed E-state index contributed by atoms with van der Waals surface area (Å²) in [5.41, 5.74) is 5.72. The number of amides is 1. The van der Waals surface area contributed by atoms with Gasteiger partial charge in [-0.2, -0.15) is 0 Å². The van der Waals surface area contributed by atoms with Gasteiger partial charge in [0, 0.05) is 19.7 Å². The summed E-state index contributed by atoms with van der Waals surface area (Å²) in [6.07, 6.45) is 0.436. The number of methoxy groups -OCH3 is 1. The standard InChI is InChI=1S/C11H18N4O4S2/c1-19-4-3-13-11-15-9(12)8(20-11)10(16)14-7-2-5-21(17,18)6-7/h7H,2-6,12H2,1H3,(H,13,15)(H,14,16). The summed E-state index contributed by atoms with van der Waals surface area (Å²) in [4.78, 5) is 16.5. The fourth-order valence-corrected chi connectivity index (χ4v) is 4.48. The minimum atomic E-state index is -3.03. The molecular formula is C11H18N4O4S2. The lowest BCUT2D eigenvalue weighted by Gasteiger charge is -2.09. The van der Waals surface area contributed by atoms with E-state index in [1.807, 2.05) is 0 Å². The predicted octanol–water partition coefficient (Wildman–Crippen LogP) is -0.299. The Balaban J connectivity index is 1.96. The SMILES string of the molecule is COCCNc1nc(N)c(C(=O)NC2CCS(=O)(=O)C2)s1. The van der Waals surface area contributed by atoms with Crippen molar-refractivity contribution >= 4 is 38.0 Å². The molecule has 0 aromatic carbocycles. The second-order valence-corrected chi connectivity index (χ2v) is 7.95. The monoisotopic (exact) mass is 334 g/mol. The molecule has 1 unspecified atom stereocenters. The van der Waals surface area contributed by atoms with Crippen LogP contribution in [0.3, 0.4) is 0 Å². The van der Waals surface area contributed by atoms with Crippen LogP contribution in [0.5, 0.6) is 0 Å². The second-order valence-electron chi connectivity index (χ2n) is 4.73. The van der Waals surface area contributed by atoms with Crippen LogP contribution in [0.1, 0.15) is 16.1 Å². The maximum atomic E-state index is 12.1. The van der Waals surface area contributed by atoms with E-state index in [2.05, 4.69) is 15.6 Å². The lowest BCUT2D eigenvalue weighted by Crippen LogP contribution is -2.35. The molecule has 2 rings (SSSR count). The number of ether oxygens (including phenoxy) is 1. The average Bonchev–Trinajstić information content (AvgIpc) is 2.93. The number of nitrogens with two attached hydrogens (primary N) is 1. The van der Waals surface area contributed by atoms with Gasteiger partial charge in [0.2, 0.25) is 0 Å². The highest BCUT2D eigenvalue weighted by atomic mass is 32.2. The highest BCUT2D eigenvalue weighted by molar-refractivity contribution is 7.91. The van der Waals surface area contributed by atoms with Crippen LogP contribution in [0, 0.1) is 0 Å². The first kappa shape index (κ1) is 16.0. The molecule has 1 fully saturated rings. The number of nitrogens with zero attached hydrogens (tertiary/aromatic N) is 1. The molecule has 0 saturated carbocycles. The van der Waals surface area contributed by atoms with E-state index in [-0.39, 0.29) is 29.3 Å². The van der Waals surface area contributed by atoms with Crippen LogP contribution < -0.4 is 16.4 Å². The molecule has 0 bridgehead atoms. The second kappa shape index (κ2) is 6.58. The molecule has 1 aliphatic rings. The molecule has 0 radical (unpaired) electrons. The van der Waals surface area contributed by atoms with Crippen LogP contribution in [-0.2, 0) is 14.6 Å². The zero-order valence-electron chi connectivity index (χ0n) is 11.6. The van der Waals surface area contributed by atoms with Gasteiger partial charge < -0.3 is 21.1 Å². The number of carbonyl (C=O) groups excluding carboxylic acids is 1. The molecule has 10 heteroatoms. The molecule has 4 N–H and O–H groups in total. The summed E-state index contributed by atoms with van der Waals surface area (Å²) < 4.78 is 27.6. The predicted molar refractivity (Wildman–Crippen MR) is 81.4 cm³/mol. The molecule has 1 aromatic rings. The van der Waals surface area contributed by atoms with Crippen LogP contribution in [0.25, 0.3) is 0 Å². The topological polar surface area (TPSA) is 123 Å². The third-order valence-electron chi connectivity index (χ3n) is 3.01. The van der Waals surface area contributed by atoms with Crippen LogP contribution >= 0.6 is 11.3 Å². The summed E-state index contributed by atoms with van der Waals surface area (Å²) in [7, 11) is -1.44.